The molecule has 0 spiro atoms. The number of hydrogen-bond donors (Lipinski definition) is 13. The minimum atomic E-state index is -1.36. The van der Waals surface area contributed by atoms with E-state index in [1.54, 1.807) is 55.0 Å². The monoisotopic (exact) mass is 1250 g/mol. The number of benzene rings is 2. The number of phenolic OH excluding ortho intramolecular Hbond substituents is 1. The van der Waals surface area contributed by atoms with Gasteiger partial charge in [0.05, 0.1) is 6.33 Å². The number of nitrogens with two attached hydrogens (primary N) is 3. The van der Waals surface area contributed by atoms with Crippen LogP contribution in [-0.4, -0.2) is 130 Å². The van der Waals surface area contributed by atoms with Crippen LogP contribution >= 0.6 is 0 Å². The number of imidazole rings is 1. The molecule has 0 fully saturated rings. The van der Waals surface area contributed by atoms with E-state index < -0.39 is 83.6 Å². The summed E-state index contributed by atoms with van der Waals surface area (Å²) in [5.41, 5.74) is 19.1. The van der Waals surface area contributed by atoms with Gasteiger partial charge in [-0.3, -0.25) is 43.3 Å². The van der Waals surface area contributed by atoms with Crippen molar-refractivity contribution in [3.8, 4) is 5.75 Å². The number of aliphatic imine (C=N–C) groups is 1. The first-order chi connectivity index (χ1) is 43.1. The molecule has 23 nitrogen and oxygen atoms in total. The standard InChI is InChI=1S/C67H110N14O9/c1-8-9-10-11-12-13-14-15-16-17-18-19-23-31-59(83)76-55(38-45(2)3)64(88)75-48(7)60(84)79-57(42-50-32-34-52(82)35-33-50)66(90)81-58(41-49-27-21-20-22-28-49)65(89)78-54(30-26-37-72-67(69)70)61(85)77-53(29-24-25-36-68)62(86)80-56(39-46(4)5)63(87)74-47(6)40-51-43-71-44-73-51/h20-22,27-28,32-35,43-48,53-58,82H,8-19,23-26,29-31,36-42,68H2,1-7H3,(H,71,73)(H,74,87)(H,75,88)(H,76,83)(H,77,85)(H,78,89)(H,79,84)(H,80,86)(H,81,90)(H4,69,70,72)/t47-,48+,53+,54+,55+,56+,57+,58+/m1/s1. The van der Waals surface area contributed by atoms with Crippen LogP contribution in [0, 0.1) is 11.8 Å². The second-order valence-corrected chi connectivity index (χ2v) is 24.9. The zero-order chi connectivity index (χ0) is 66.2. The number of unbranched alkanes of at least 4 members (excludes halogenated alkanes) is 13. The zero-order valence-electron chi connectivity index (χ0n) is 54.8. The van der Waals surface area contributed by atoms with Crippen molar-refractivity contribution in [2.24, 2.45) is 34.0 Å². The molecular weight excluding hydrogens is 1140 g/mol. The van der Waals surface area contributed by atoms with Crippen molar-refractivity contribution in [1.29, 1.82) is 0 Å². The Morgan fingerprint density at radius 1 is 0.500 bits per heavy atom. The van der Waals surface area contributed by atoms with Crippen LogP contribution in [0.5, 0.6) is 5.75 Å². The Morgan fingerprint density at radius 3 is 1.47 bits per heavy atom. The van der Waals surface area contributed by atoms with Gasteiger partial charge in [-0.1, -0.05) is 154 Å². The Kier molecular flexibility index (Phi) is 37.5. The van der Waals surface area contributed by atoms with Gasteiger partial charge in [0, 0.05) is 50.2 Å². The van der Waals surface area contributed by atoms with Gasteiger partial charge in [0.25, 0.3) is 0 Å². The van der Waals surface area contributed by atoms with Crippen molar-refractivity contribution in [3.05, 3.63) is 83.9 Å². The molecule has 0 saturated heterocycles. The second kappa shape index (κ2) is 44.0. The predicted molar refractivity (Wildman–Crippen MR) is 353 cm³/mol. The average Bonchev–Trinajstić information content (AvgIpc) is 3.77. The van der Waals surface area contributed by atoms with Gasteiger partial charge in [-0.05, 0) is 107 Å². The largest absolute Gasteiger partial charge is 0.508 e. The number of phenols is 1. The SMILES string of the molecule is CCCCCCCCCCCCCCCC(=O)N[C@@H](CC(C)C)C(=O)N[C@@H](C)C(=O)N[C@@H](Cc1ccc(O)cc1)C(=O)N[C@@H](Cc1ccccc1)C(=O)N[C@@H](CCCN=C(N)N)C(=O)N[C@@H](CCCCN)C(=O)N[C@@H](CC(C)C)C(=O)N[C@H](C)Cc1cnc[nH]1. The van der Waals surface area contributed by atoms with E-state index in [0.717, 1.165) is 25.0 Å². The first-order valence-electron chi connectivity index (χ1n) is 33.0. The van der Waals surface area contributed by atoms with E-state index in [9.17, 15) is 43.5 Å². The summed E-state index contributed by atoms with van der Waals surface area (Å²) in [6.07, 6.45) is 21.0. The Hall–Kier alpha value is -7.56. The highest BCUT2D eigenvalue weighted by Crippen LogP contribution is 2.17. The maximum Gasteiger partial charge on any atom is 0.243 e. The van der Waals surface area contributed by atoms with Crippen LogP contribution in [0.1, 0.15) is 200 Å². The van der Waals surface area contributed by atoms with Gasteiger partial charge in [-0.2, -0.15) is 0 Å². The predicted octanol–water partition coefficient (Wildman–Crippen LogP) is 5.82. The molecule has 0 aliphatic rings. The highest BCUT2D eigenvalue weighted by molar-refractivity contribution is 5.98. The van der Waals surface area contributed by atoms with Crippen LogP contribution in [0.4, 0.5) is 0 Å². The molecular formula is C67H110N14O9. The van der Waals surface area contributed by atoms with Crippen LogP contribution in [-0.2, 0) is 57.6 Å². The lowest BCUT2D eigenvalue weighted by Gasteiger charge is -2.28. The van der Waals surface area contributed by atoms with Crippen LogP contribution in [0.25, 0.3) is 0 Å². The Bertz CT molecular complexity index is 2600. The first kappa shape index (κ1) is 76.7. The Morgan fingerprint density at radius 2 is 0.956 bits per heavy atom. The molecule has 3 rings (SSSR count). The minimum Gasteiger partial charge on any atom is -0.508 e. The lowest BCUT2D eigenvalue weighted by molar-refractivity contribution is -0.135. The molecule has 0 aliphatic heterocycles. The molecule has 0 aliphatic carbocycles. The molecule has 0 saturated carbocycles. The molecule has 502 valence electrons. The second-order valence-electron chi connectivity index (χ2n) is 24.9. The summed E-state index contributed by atoms with van der Waals surface area (Å²) in [5, 5.41) is 32.9. The van der Waals surface area contributed by atoms with Gasteiger partial charge in [0.1, 0.15) is 48.0 Å². The van der Waals surface area contributed by atoms with Gasteiger partial charge in [-0.15, -0.1) is 0 Å². The number of nitrogens with one attached hydrogen (secondary N) is 9. The van der Waals surface area contributed by atoms with E-state index in [4.69, 9.17) is 17.2 Å². The lowest BCUT2D eigenvalue weighted by atomic mass is 10.0. The topological polar surface area (TPSA) is 372 Å². The summed E-state index contributed by atoms with van der Waals surface area (Å²) in [6, 6.07) is 6.29. The minimum absolute atomic E-state index is 0.00321. The third-order valence-electron chi connectivity index (χ3n) is 15.5. The summed E-state index contributed by atoms with van der Waals surface area (Å²) < 4.78 is 0. The van der Waals surface area contributed by atoms with Gasteiger partial charge < -0.3 is 69.8 Å². The molecule has 1 aromatic heterocycles. The summed E-state index contributed by atoms with van der Waals surface area (Å²) in [6.45, 7) is 13.7. The van der Waals surface area contributed by atoms with Gasteiger partial charge in [-0.25, -0.2) is 4.98 Å². The van der Waals surface area contributed by atoms with E-state index in [-0.39, 0.29) is 80.6 Å². The molecule has 23 heteroatoms. The lowest BCUT2D eigenvalue weighted by Crippen LogP contribution is -2.60. The van der Waals surface area contributed by atoms with Crippen molar-refractivity contribution in [2.75, 3.05) is 13.1 Å². The van der Waals surface area contributed by atoms with E-state index in [1.807, 2.05) is 34.6 Å². The number of hydrogen-bond acceptors (Lipinski definition) is 12. The third kappa shape index (κ3) is 32.8. The Labute approximate surface area is 534 Å². The molecule has 3 aromatic rings. The zero-order valence-corrected chi connectivity index (χ0v) is 54.8. The Balaban J connectivity index is 1.84. The molecule has 0 bridgehead atoms. The van der Waals surface area contributed by atoms with Gasteiger partial charge in [0.2, 0.25) is 47.3 Å². The normalized spacial score (nSPS) is 13.9. The molecule has 90 heavy (non-hydrogen) atoms. The molecule has 16 N–H and O–H groups in total. The number of H-pyrrole nitrogens is 1. The molecule has 0 radical (unpaired) electrons. The quantitative estimate of drug-likeness (QED) is 0.0180. The number of carbonyl (C=O) groups is 8. The number of aromatic amines is 1. The summed E-state index contributed by atoms with van der Waals surface area (Å²) in [5.74, 6) is -5.05. The first-order valence-corrected chi connectivity index (χ1v) is 33.0. The van der Waals surface area contributed by atoms with Crippen LogP contribution in [0.15, 0.2) is 72.1 Å². The number of aromatic nitrogens is 2. The third-order valence-corrected chi connectivity index (χ3v) is 15.5. The van der Waals surface area contributed by atoms with Crippen molar-refractivity contribution in [3.63, 3.8) is 0 Å². The molecule has 0 unspecified atom stereocenters. The van der Waals surface area contributed by atoms with Crippen LogP contribution in [0.3, 0.4) is 0 Å². The fraction of sp³-hybridized carbons (Fsp3) is 0.642. The number of aromatic hydroxyl groups is 1. The van der Waals surface area contributed by atoms with Crippen LogP contribution in [0.2, 0.25) is 0 Å². The van der Waals surface area contributed by atoms with Crippen molar-refractivity contribution in [2.45, 2.75) is 251 Å². The fourth-order valence-electron chi connectivity index (χ4n) is 10.5. The highest BCUT2D eigenvalue weighted by Gasteiger charge is 2.34. The number of rotatable bonds is 47. The summed E-state index contributed by atoms with van der Waals surface area (Å²) in [4.78, 5) is 125. The molecule has 8 atom stereocenters. The van der Waals surface area contributed by atoms with E-state index in [1.165, 1.54) is 76.8 Å². The van der Waals surface area contributed by atoms with Crippen molar-refractivity contribution < 1.29 is 43.5 Å². The number of nitrogens with zero attached hydrogens (tertiary/aromatic N) is 2. The van der Waals surface area contributed by atoms with E-state index in [0.29, 0.717) is 56.2 Å². The molecule has 2 aromatic carbocycles. The van der Waals surface area contributed by atoms with E-state index in [2.05, 4.69) is 64.4 Å². The number of guanidine groups is 1. The molecule has 1 heterocycles. The van der Waals surface area contributed by atoms with Crippen molar-refractivity contribution >= 4 is 53.2 Å². The van der Waals surface area contributed by atoms with Gasteiger partial charge in [0.15, 0.2) is 5.96 Å². The number of amides is 8. The van der Waals surface area contributed by atoms with Gasteiger partial charge >= 0.3 is 0 Å². The van der Waals surface area contributed by atoms with E-state index >= 15 is 0 Å². The maximum atomic E-state index is 14.8. The number of carbonyl (C=O) groups excluding carboxylic acids is 8. The smallest absolute Gasteiger partial charge is 0.243 e. The summed E-state index contributed by atoms with van der Waals surface area (Å²) in [7, 11) is 0. The fourth-order valence-corrected chi connectivity index (χ4v) is 10.5. The average molecular weight is 1260 g/mol. The molecule has 8 amide bonds. The maximum absolute atomic E-state index is 14.8. The highest BCUT2D eigenvalue weighted by atomic mass is 16.3. The van der Waals surface area contributed by atoms with Crippen LogP contribution < -0.4 is 59.7 Å². The summed E-state index contributed by atoms with van der Waals surface area (Å²) >= 11 is 0. The van der Waals surface area contributed by atoms with Crippen molar-refractivity contribution in [1.82, 2.24) is 52.5 Å².